The molecule has 0 fully saturated rings. The van der Waals surface area contributed by atoms with Gasteiger partial charge in [-0.2, -0.15) is 0 Å². The number of hydrogen-bond donors (Lipinski definition) is 0. The maximum absolute atomic E-state index is 12.3. The molecule has 0 atom stereocenters. The molecule has 0 unspecified atom stereocenters. The molecule has 0 saturated heterocycles. The normalized spacial score (nSPS) is 10.1. The van der Waals surface area contributed by atoms with E-state index in [1.54, 1.807) is 26.2 Å². The molecule has 0 aromatic heterocycles. The summed E-state index contributed by atoms with van der Waals surface area (Å²) in [6.45, 7) is 1.99. The zero-order valence-electron chi connectivity index (χ0n) is 12.7. The molecule has 4 heteroatoms. The predicted molar refractivity (Wildman–Crippen MR) is 84.0 cm³/mol. The first-order chi connectivity index (χ1) is 10.7. The number of methoxy groups -OCH3 is 1. The van der Waals surface area contributed by atoms with Crippen molar-refractivity contribution in [2.75, 3.05) is 13.7 Å². The number of ether oxygens (including phenoxy) is 2. The molecule has 2 rings (SSSR count). The van der Waals surface area contributed by atoms with Crippen LogP contribution in [-0.2, 0) is 9.53 Å². The van der Waals surface area contributed by atoms with Gasteiger partial charge in [-0.3, -0.25) is 9.59 Å². The molecule has 2 aromatic rings. The minimum atomic E-state index is -0.503. The van der Waals surface area contributed by atoms with E-state index in [0.717, 1.165) is 16.9 Å². The Kier molecular flexibility index (Phi) is 5.31. The lowest BCUT2D eigenvalue weighted by Gasteiger charge is -2.09. The molecule has 0 aliphatic carbocycles. The number of carbonyl (C=O) groups excluding carboxylic acids is 2. The van der Waals surface area contributed by atoms with Gasteiger partial charge in [0.1, 0.15) is 12.2 Å². The van der Waals surface area contributed by atoms with Crippen LogP contribution >= 0.6 is 0 Å². The average molecular weight is 298 g/mol. The summed E-state index contributed by atoms with van der Waals surface area (Å²) in [7, 11) is 1.60. The van der Waals surface area contributed by atoms with Gasteiger partial charge < -0.3 is 9.47 Å². The molecule has 4 nitrogen and oxygen atoms in total. The largest absolute Gasteiger partial charge is 0.497 e. The minimum Gasteiger partial charge on any atom is -0.497 e. The summed E-state index contributed by atoms with van der Waals surface area (Å²) in [5, 5.41) is 0. The molecule has 0 N–H and O–H groups in total. The molecule has 0 radical (unpaired) electrons. The molecule has 0 bridgehead atoms. The van der Waals surface area contributed by atoms with E-state index in [9.17, 15) is 9.59 Å². The van der Waals surface area contributed by atoms with E-state index in [4.69, 9.17) is 9.47 Å². The first-order valence-electron chi connectivity index (χ1n) is 7.08. The van der Waals surface area contributed by atoms with Crippen molar-refractivity contribution in [1.82, 2.24) is 0 Å². The lowest BCUT2D eigenvalue weighted by atomic mass is 9.96. The van der Waals surface area contributed by atoms with Crippen molar-refractivity contribution in [3.05, 3.63) is 54.1 Å². The quantitative estimate of drug-likeness (QED) is 0.465. The van der Waals surface area contributed by atoms with Crippen molar-refractivity contribution in [3.8, 4) is 16.9 Å². The number of carbonyl (C=O) groups is 2. The van der Waals surface area contributed by atoms with Gasteiger partial charge in [0, 0.05) is 5.56 Å². The fourth-order valence-corrected chi connectivity index (χ4v) is 2.19. The van der Waals surface area contributed by atoms with Crippen molar-refractivity contribution >= 4 is 11.8 Å². The van der Waals surface area contributed by atoms with Crippen LogP contribution in [0.4, 0.5) is 0 Å². The standard InChI is InChI=1S/C18H18O4/c1-3-22-18(20)12-17(19)16-7-5-4-6-15(16)13-8-10-14(21-2)11-9-13/h4-11H,3,12H2,1-2H3. The molecular weight excluding hydrogens is 280 g/mol. The highest BCUT2D eigenvalue weighted by molar-refractivity contribution is 6.09. The van der Waals surface area contributed by atoms with E-state index in [0.29, 0.717) is 5.56 Å². The molecule has 0 saturated carbocycles. The third-order valence-electron chi connectivity index (χ3n) is 3.24. The number of ketones is 1. The van der Waals surface area contributed by atoms with Crippen molar-refractivity contribution in [1.29, 1.82) is 0 Å². The molecule has 0 spiro atoms. The predicted octanol–water partition coefficient (Wildman–Crippen LogP) is 3.50. The van der Waals surface area contributed by atoms with Crippen LogP contribution in [0.25, 0.3) is 11.1 Å². The maximum atomic E-state index is 12.3. The first kappa shape index (κ1) is 15.8. The third-order valence-corrected chi connectivity index (χ3v) is 3.24. The Morgan fingerprint density at radius 3 is 2.32 bits per heavy atom. The van der Waals surface area contributed by atoms with Gasteiger partial charge in [0.25, 0.3) is 0 Å². The van der Waals surface area contributed by atoms with E-state index >= 15 is 0 Å². The fourth-order valence-electron chi connectivity index (χ4n) is 2.19. The summed E-state index contributed by atoms with van der Waals surface area (Å²) in [5.41, 5.74) is 2.20. The zero-order chi connectivity index (χ0) is 15.9. The Labute approximate surface area is 129 Å². The fraction of sp³-hybridized carbons (Fsp3) is 0.222. The Hall–Kier alpha value is -2.62. The van der Waals surface area contributed by atoms with Crippen molar-refractivity contribution in [2.45, 2.75) is 13.3 Å². The van der Waals surface area contributed by atoms with Crippen LogP contribution in [0.15, 0.2) is 48.5 Å². The summed E-state index contributed by atoms with van der Waals surface area (Å²) in [5.74, 6) is 0.000910. The lowest BCUT2D eigenvalue weighted by Crippen LogP contribution is -2.12. The van der Waals surface area contributed by atoms with Crippen molar-refractivity contribution < 1.29 is 19.1 Å². The van der Waals surface area contributed by atoms with E-state index in [2.05, 4.69) is 0 Å². The Morgan fingerprint density at radius 1 is 1.00 bits per heavy atom. The molecule has 0 aliphatic heterocycles. The SMILES string of the molecule is CCOC(=O)CC(=O)c1ccccc1-c1ccc(OC)cc1. The molecule has 114 valence electrons. The topological polar surface area (TPSA) is 52.6 Å². The molecule has 0 amide bonds. The van der Waals surface area contributed by atoms with Gasteiger partial charge in [0.2, 0.25) is 0 Å². The summed E-state index contributed by atoms with van der Waals surface area (Å²) in [6.07, 6.45) is -0.249. The van der Waals surface area contributed by atoms with E-state index in [1.807, 2.05) is 36.4 Å². The van der Waals surface area contributed by atoms with E-state index in [1.165, 1.54) is 0 Å². The van der Waals surface area contributed by atoms with Crippen LogP contribution in [0.2, 0.25) is 0 Å². The Bertz CT molecular complexity index is 659. The molecule has 2 aromatic carbocycles. The van der Waals surface area contributed by atoms with Gasteiger partial charge in [-0.15, -0.1) is 0 Å². The first-order valence-corrected chi connectivity index (χ1v) is 7.08. The number of esters is 1. The summed E-state index contributed by atoms with van der Waals surface area (Å²) < 4.78 is 9.97. The van der Waals surface area contributed by atoms with Crippen LogP contribution in [0.3, 0.4) is 0 Å². The van der Waals surface area contributed by atoms with Crippen LogP contribution in [0.1, 0.15) is 23.7 Å². The average Bonchev–Trinajstić information content (AvgIpc) is 2.55. The van der Waals surface area contributed by atoms with Crippen LogP contribution < -0.4 is 4.74 Å². The zero-order valence-corrected chi connectivity index (χ0v) is 12.7. The van der Waals surface area contributed by atoms with Crippen LogP contribution in [-0.4, -0.2) is 25.5 Å². The highest BCUT2D eigenvalue weighted by Gasteiger charge is 2.16. The summed E-state index contributed by atoms with van der Waals surface area (Å²) >= 11 is 0. The van der Waals surface area contributed by atoms with Crippen molar-refractivity contribution in [3.63, 3.8) is 0 Å². The Morgan fingerprint density at radius 2 is 1.68 bits per heavy atom. The second-order valence-electron chi connectivity index (χ2n) is 4.68. The van der Waals surface area contributed by atoms with Crippen molar-refractivity contribution in [2.24, 2.45) is 0 Å². The van der Waals surface area contributed by atoms with Gasteiger partial charge in [-0.25, -0.2) is 0 Å². The minimum absolute atomic E-state index is 0.245. The number of rotatable bonds is 6. The highest BCUT2D eigenvalue weighted by Crippen LogP contribution is 2.26. The molecule has 22 heavy (non-hydrogen) atoms. The summed E-state index contributed by atoms with van der Waals surface area (Å²) in [4.78, 5) is 23.8. The van der Waals surface area contributed by atoms with Crippen LogP contribution in [0, 0.1) is 0 Å². The van der Waals surface area contributed by atoms with E-state index in [-0.39, 0.29) is 18.8 Å². The second kappa shape index (κ2) is 7.41. The lowest BCUT2D eigenvalue weighted by molar-refractivity contribution is -0.141. The number of Topliss-reactive ketones (excluding diaryl/α,β-unsaturated/α-hetero) is 1. The van der Waals surface area contributed by atoms with Gasteiger partial charge in [-0.1, -0.05) is 36.4 Å². The Balaban J connectivity index is 2.29. The van der Waals surface area contributed by atoms with E-state index < -0.39 is 5.97 Å². The number of benzene rings is 2. The summed E-state index contributed by atoms with van der Waals surface area (Å²) in [6, 6.07) is 14.7. The molecule has 0 aliphatic rings. The number of hydrogen-bond acceptors (Lipinski definition) is 4. The van der Waals surface area contributed by atoms with Crippen LogP contribution in [0.5, 0.6) is 5.75 Å². The van der Waals surface area contributed by atoms with Gasteiger partial charge in [-0.05, 0) is 30.2 Å². The monoisotopic (exact) mass is 298 g/mol. The van der Waals surface area contributed by atoms with Gasteiger partial charge in [0.15, 0.2) is 5.78 Å². The van der Waals surface area contributed by atoms with Gasteiger partial charge >= 0.3 is 5.97 Å². The molecule has 0 heterocycles. The third kappa shape index (κ3) is 3.73. The second-order valence-corrected chi connectivity index (χ2v) is 4.68. The highest BCUT2D eigenvalue weighted by atomic mass is 16.5. The smallest absolute Gasteiger partial charge is 0.313 e. The maximum Gasteiger partial charge on any atom is 0.313 e. The van der Waals surface area contributed by atoms with Gasteiger partial charge in [0.05, 0.1) is 13.7 Å². The molecular formula is C18H18O4.